The first kappa shape index (κ1) is 31.5. The fourth-order valence-electron chi connectivity index (χ4n) is 4.57. The lowest BCUT2D eigenvalue weighted by Crippen LogP contribution is -2.28. The summed E-state index contributed by atoms with van der Waals surface area (Å²) in [4.78, 5) is 4.86. The van der Waals surface area contributed by atoms with Crippen LogP contribution in [-0.2, 0) is 41.3 Å². The van der Waals surface area contributed by atoms with E-state index in [-0.39, 0.29) is 0 Å². The Bertz CT molecular complexity index is 851. The summed E-state index contributed by atoms with van der Waals surface area (Å²) in [6.07, 6.45) is 3.29. The van der Waals surface area contributed by atoms with Gasteiger partial charge in [0.25, 0.3) is 0 Å². The molecule has 1 aliphatic rings. The molecule has 3 rings (SSSR count). The Labute approximate surface area is 235 Å². The molecule has 0 bridgehead atoms. The molecule has 8 heteroatoms. The number of likely N-dealkylation sites (N-methyl/N-ethyl adjacent to an activating group) is 1. The van der Waals surface area contributed by atoms with Crippen LogP contribution in [0, 0.1) is 0 Å². The van der Waals surface area contributed by atoms with Crippen molar-refractivity contribution in [1.29, 1.82) is 0 Å². The minimum Gasteiger partial charge on any atom is -0.382 e. The highest BCUT2D eigenvalue weighted by molar-refractivity contribution is 5.71. The molecule has 0 atom stereocenters. The highest BCUT2D eigenvalue weighted by Crippen LogP contribution is 2.35. The largest absolute Gasteiger partial charge is 0.382 e. The Kier molecular flexibility index (Phi) is 16.1. The SMILES string of the molecule is COCCOCCOCCOCCOCCOCCN(C)CCCN1c2ccccc2CCc2ccccc21. The second-order valence-electron chi connectivity index (χ2n) is 9.62. The van der Waals surface area contributed by atoms with Crippen molar-refractivity contribution in [3.63, 3.8) is 0 Å². The Morgan fingerprint density at radius 3 is 1.51 bits per heavy atom. The number of rotatable bonds is 22. The average molecular weight is 545 g/mol. The summed E-state index contributed by atoms with van der Waals surface area (Å²) in [6, 6.07) is 17.7. The first-order chi connectivity index (χ1) is 19.3. The fourth-order valence-corrected chi connectivity index (χ4v) is 4.57. The maximum Gasteiger partial charge on any atom is 0.0701 e. The molecule has 2 aromatic carbocycles. The van der Waals surface area contributed by atoms with Gasteiger partial charge in [-0.15, -0.1) is 0 Å². The van der Waals surface area contributed by atoms with E-state index in [1.54, 1.807) is 7.11 Å². The summed E-state index contributed by atoms with van der Waals surface area (Å²) in [5.74, 6) is 0. The van der Waals surface area contributed by atoms with Crippen LogP contribution in [0.25, 0.3) is 0 Å². The summed E-state index contributed by atoms with van der Waals surface area (Å²) in [5.41, 5.74) is 5.58. The van der Waals surface area contributed by atoms with Crippen LogP contribution in [0.1, 0.15) is 17.5 Å². The maximum atomic E-state index is 5.76. The number of anilines is 2. The van der Waals surface area contributed by atoms with Crippen molar-refractivity contribution in [3.05, 3.63) is 59.7 Å². The van der Waals surface area contributed by atoms with Crippen LogP contribution in [0.5, 0.6) is 0 Å². The first-order valence-electron chi connectivity index (χ1n) is 14.3. The standard InChI is InChI=1S/C31H48N2O6/c1-32(16-17-35-20-21-37-24-25-39-27-26-38-23-22-36-19-18-34-2)14-7-15-33-30-10-5-3-8-28(30)12-13-29-9-4-6-11-31(29)33/h3-6,8-11H,7,12-27H2,1-2H3. The van der Waals surface area contributed by atoms with Crippen LogP contribution in [0.3, 0.4) is 0 Å². The third-order valence-electron chi connectivity index (χ3n) is 6.69. The van der Waals surface area contributed by atoms with Gasteiger partial charge in [-0.3, -0.25) is 0 Å². The predicted octanol–water partition coefficient (Wildman–Crippen LogP) is 3.97. The van der Waals surface area contributed by atoms with Gasteiger partial charge in [0.05, 0.1) is 72.7 Å². The Morgan fingerprint density at radius 1 is 0.590 bits per heavy atom. The molecule has 0 fully saturated rings. The zero-order valence-electron chi connectivity index (χ0n) is 24.0. The van der Waals surface area contributed by atoms with Crippen LogP contribution in [0.15, 0.2) is 48.5 Å². The average Bonchev–Trinajstić information content (AvgIpc) is 3.12. The van der Waals surface area contributed by atoms with Gasteiger partial charge < -0.3 is 38.2 Å². The lowest BCUT2D eigenvalue weighted by molar-refractivity contribution is -0.0153. The van der Waals surface area contributed by atoms with E-state index in [4.69, 9.17) is 28.4 Å². The van der Waals surface area contributed by atoms with Crippen molar-refractivity contribution in [2.75, 3.05) is 111 Å². The van der Waals surface area contributed by atoms with E-state index in [2.05, 4.69) is 65.4 Å². The van der Waals surface area contributed by atoms with E-state index in [9.17, 15) is 0 Å². The minimum atomic E-state index is 0.557. The van der Waals surface area contributed by atoms with E-state index in [0.29, 0.717) is 72.7 Å². The first-order valence-corrected chi connectivity index (χ1v) is 14.3. The van der Waals surface area contributed by atoms with E-state index in [1.165, 1.54) is 22.5 Å². The molecule has 0 saturated heterocycles. The van der Waals surface area contributed by atoms with Gasteiger partial charge in [-0.05, 0) is 56.1 Å². The number of ether oxygens (including phenoxy) is 6. The van der Waals surface area contributed by atoms with Gasteiger partial charge in [-0.1, -0.05) is 36.4 Å². The molecular weight excluding hydrogens is 496 g/mol. The van der Waals surface area contributed by atoms with Gasteiger partial charge >= 0.3 is 0 Å². The molecule has 0 spiro atoms. The number of fused-ring (bicyclic) bond motifs is 2. The van der Waals surface area contributed by atoms with Crippen molar-refractivity contribution >= 4 is 11.4 Å². The van der Waals surface area contributed by atoms with Crippen LogP contribution in [0.4, 0.5) is 11.4 Å². The maximum absolute atomic E-state index is 5.76. The Morgan fingerprint density at radius 2 is 1.03 bits per heavy atom. The highest BCUT2D eigenvalue weighted by Gasteiger charge is 2.19. The van der Waals surface area contributed by atoms with Crippen molar-refractivity contribution in [2.24, 2.45) is 0 Å². The van der Waals surface area contributed by atoms with E-state index >= 15 is 0 Å². The molecule has 0 aliphatic carbocycles. The topological polar surface area (TPSA) is 61.9 Å². The lowest BCUT2D eigenvalue weighted by atomic mass is 10.0. The van der Waals surface area contributed by atoms with Gasteiger partial charge in [0.1, 0.15) is 0 Å². The minimum absolute atomic E-state index is 0.557. The fraction of sp³-hybridized carbons (Fsp3) is 0.613. The number of hydrogen-bond donors (Lipinski definition) is 0. The number of methoxy groups -OCH3 is 1. The third kappa shape index (κ3) is 12.3. The normalized spacial score (nSPS) is 12.9. The van der Waals surface area contributed by atoms with E-state index in [1.807, 2.05) is 0 Å². The molecular formula is C31H48N2O6. The molecule has 39 heavy (non-hydrogen) atoms. The number of aryl methyl sites for hydroxylation is 2. The third-order valence-corrected chi connectivity index (χ3v) is 6.69. The Balaban J connectivity index is 1.17. The molecule has 218 valence electrons. The summed E-state index contributed by atoms with van der Waals surface area (Å²) < 4.78 is 32.5. The van der Waals surface area contributed by atoms with Crippen molar-refractivity contribution in [3.8, 4) is 0 Å². The Hall–Kier alpha value is -2.04. The van der Waals surface area contributed by atoms with Crippen molar-refractivity contribution < 1.29 is 28.4 Å². The van der Waals surface area contributed by atoms with Gasteiger partial charge in [-0.2, -0.15) is 0 Å². The summed E-state index contributed by atoms with van der Waals surface area (Å²) in [6.45, 7) is 9.41. The molecule has 0 N–H and O–H groups in total. The summed E-state index contributed by atoms with van der Waals surface area (Å²) in [5, 5.41) is 0. The molecule has 0 aromatic heterocycles. The van der Waals surface area contributed by atoms with Gasteiger partial charge in [0.15, 0.2) is 0 Å². The van der Waals surface area contributed by atoms with Gasteiger partial charge in [0.2, 0.25) is 0 Å². The monoisotopic (exact) mass is 544 g/mol. The molecule has 0 radical (unpaired) electrons. The smallest absolute Gasteiger partial charge is 0.0701 e. The number of nitrogens with zero attached hydrogens (tertiary/aromatic N) is 2. The molecule has 0 unspecified atom stereocenters. The number of hydrogen-bond acceptors (Lipinski definition) is 8. The molecule has 2 aromatic rings. The van der Waals surface area contributed by atoms with Crippen LogP contribution >= 0.6 is 0 Å². The van der Waals surface area contributed by atoms with Crippen molar-refractivity contribution in [1.82, 2.24) is 4.90 Å². The van der Waals surface area contributed by atoms with Gasteiger partial charge in [-0.25, -0.2) is 0 Å². The zero-order valence-corrected chi connectivity index (χ0v) is 24.0. The number of benzene rings is 2. The quantitative estimate of drug-likeness (QED) is 0.206. The van der Waals surface area contributed by atoms with E-state index < -0.39 is 0 Å². The molecule has 8 nitrogen and oxygen atoms in total. The van der Waals surface area contributed by atoms with Crippen LogP contribution in [0.2, 0.25) is 0 Å². The summed E-state index contributed by atoms with van der Waals surface area (Å²) >= 11 is 0. The second kappa shape index (κ2) is 19.9. The lowest BCUT2D eigenvalue weighted by Gasteiger charge is -2.28. The predicted molar refractivity (Wildman–Crippen MR) is 155 cm³/mol. The second-order valence-corrected chi connectivity index (χ2v) is 9.62. The summed E-state index contributed by atoms with van der Waals surface area (Å²) in [7, 11) is 3.82. The highest BCUT2D eigenvalue weighted by atomic mass is 16.6. The molecule has 0 saturated carbocycles. The van der Waals surface area contributed by atoms with Crippen molar-refractivity contribution in [2.45, 2.75) is 19.3 Å². The molecule has 1 heterocycles. The van der Waals surface area contributed by atoms with Crippen LogP contribution < -0.4 is 4.90 Å². The zero-order chi connectivity index (χ0) is 27.4. The molecule has 0 amide bonds. The van der Waals surface area contributed by atoms with Gasteiger partial charge in [0, 0.05) is 31.6 Å². The van der Waals surface area contributed by atoms with Crippen LogP contribution in [-0.4, -0.2) is 111 Å². The number of para-hydroxylation sites is 2. The molecule has 1 aliphatic heterocycles. The van der Waals surface area contributed by atoms with E-state index in [0.717, 1.165) is 38.9 Å².